The molecule has 0 aliphatic heterocycles. The van der Waals surface area contributed by atoms with Crippen molar-refractivity contribution in [2.75, 3.05) is 19.6 Å². The number of halogens is 1. The minimum atomic E-state index is -0.322. The van der Waals surface area contributed by atoms with Gasteiger partial charge in [0.15, 0.2) is 5.82 Å². The number of aromatic nitrogens is 2. The summed E-state index contributed by atoms with van der Waals surface area (Å²) in [4.78, 5) is 6.48. The lowest BCUT2D eigenvalue weighted by Gasteiger charge is -2.20. The average molecular weight is 292 g/mol. The normalized spacial score (nSPS) is 12.9. The Hall–Kier alpha value is -1.79. The van der Waals surface area contributed by atoms with Crippen LogP contribution in [0, 0.1) is 12.7 Å². The molecular formula is C15H21FN4O. The SMILES string of the molecule is CCN(CC)CC(N)c1noc(-c2cc(C)cc(F)c2)n1. The Kier molecular flexibility index (Phi) is 5.03. The fourth-order valence-electron chi connectivity index (χ4n) is 2.20. The van der Waals surface area contributed by atoms with E-state index in [9.17, 15) is 4.39 Å². The third kappa shape index (κ3) is 3.86. The molecule has 1 heterocycles. The van der Waals surface area contributed by atoms with Gasteiger partial charge in [-0.3, -0.25) is 0 Å². The van der Waals surface area contributed by atoms with E-state index in [2.05, 4.69) is 28.9 Å². The zero-order chi connectivity index (χ0) is 15.4. The summed E-state index contributed by atoms with van der Waals surface area (Å²) >= 11 is 0. The zero-order valence-corrected chi connectivity index (χ0v) is 12.6. The molecule has 0 saturated carbocycles. The Morgan fingerprint density at radius 2 is 2.00 bits per heavy atom. The van der Waals surface area contributed by atoms with Gasteiger partial charge in [-0.2, -0.15) is 4.98 Å². The van der Waals surface area contributed by atoms with Crippen LogP contribution < -0.4 is 5.73 Å². The Morgan fingerprint density at radius 3 is 2.62 bits per heavy atom. The van der Waals surface area contributed by atoms with Crippen molar-refractivity contribution < 1.29 is 8.91 Å². The molecular weight excluding hydrogens is 271 g/mol. The van der Waals surface area contributed by atoms with Gasteiger partial charge in [0, 0.05) is 12.1 Å². The lowest BCUT2D eigenvalue weighted by atomic mass is 10.1. The Morgan fingerprint density at radius 1 is 1.29 bits per heavy atom. The zero-order valence-electron chi connectivity index (χ0n) is 12.6. The molecule has 2 N–H and O–H groups in total. The molecule has 0 spiro atoms. The predicted octanol–water partition coefficient (Wildman–Crippen LogP) is 2.53. The summed E-state index contributed by atoms with van der Waals surface area (Å²) in [6, 6.07) is 4.31. The number of hydrogen-bond acceptors (Lipinski definition) is 5. The molecule has 1 aromatic heterocycles. The summed E-state index contributed by atoms with van der Waals surface area (Å²) in [6.07, 6.45) is 0. The molecule has 114 valence electrons. The highest BCUT2D eigenvalue weighted by atomic mass is 19.1. The summed E-state index contributed by atoms with van der Waals surface area (Å²) in [7, 11) is 0. The number of nitrogens with zero attached hydrogens (tertiary/aromatic N) is 3. The molecule has 2 rings (SSSR count). The van der Waals surface area contributed by atoms with Crippen molar-refractivity contribution in [3.05, 3.63) is 35.4 Å². The first kappa shape index (κ1) is 15.6. The fraction of sp³-hybridized carbons (Fsp3) is 0.467. The van der Waals surface area contributed by atoms with Gasteiger partial charge < -0.3 is 15.2 Å². The molecule has 0 bridgehead atoms. The summed E-state index contributed by atoms with van der Waals surface area (Å²) in [5.74, 6) is 0.415. The fourth-order valence-corrected chi connectivity index (χ4v) is 2.20. The molecule has 0 radical (unpaired) electrons. The van der Waals surface area contributed by atoms with Crippen molar-refractivity contribution in [1.29, 1.82) is 0 Å². The maximum absolute atomic E-state index is 13.4. The van der Waals surface area contributed by atoms with Gasteiger partial charge in [-0.15, -0.1) is 0 Å². The summed E-state index contributed by atoms with van der Waals surface area (Å²) in [5.41, 5.74) is 7.47. The van der Waals surface area contributed by atoms with Crippen LogP contribution >= 0.6 is 0 Å². The van der Waals surface area contributed by atoms with Crippen LogP contribution in [-0.4, -0.2) is 34.7 Å². The molecule has 1 unspecified atom stereocenters. The van der Waals surface area contributed by atoms with Crippen molar-refractivity contribution >= 4 is 0 Å². The molecule has 0 fully saturated rings. The number of hydrogen-bond donors (Lipinski definition) is 1. The van der Waals surface area contributed by atoms with E-state index in [4.69, 9.17) is 10.3 Å². The minimum absolute atomic E-state index is 0.294. The number of rotatable bonds is 6. The first-order valence-electron chi connectivity index (χ1n) is 7.12. The van der Waals surface area contributed by atoms with Gasteiger partial charge in [-0.1, -0.05) is 19.0 Å². The average Bonchev–Trinajstić information content (AvgIpc) is 2.93. The smallest absolute Gasteiger partial charge is 0.258 e. The van der Waals surface area contributed by atoms with Gasteiger partial charge in [0.25, 0.3) is 5.89 Å². The third-order valence-electron chi connectivity index (χ3n) is 3.41. The van der Waals surface area contributed by atoms with Crippen molar-refractivity contribution in [3.8, 4) is 11.5 Å². The van der Waals surface area contributed by atoms with Gasteiger partial charge in [0.05, 0.1) is 6.04 Å². The molecule has 0 amide bonds. The third-order valence-corrected chi connectivity index (χ3v) is 3.41. The van der Waals surface area contributed by atoms with Gasteiger partial charge >= 0.3 is 0 Å². The summed E-state index contributed by atoms with van der Waals surface area (Å²) < 4.78 is 18.6. The maximum atomic E-state index is 13.4. The number of likely N-dealkylation sites (N-methyl/N-ethyl adjacent to an activating group) is 1. The monoisotopic (exact) mass is 292 g/mol. The van der Waals surface area contributed by atoms with Crippen LogP contribution in [-0.2, 0) is 0 Å². The van der Waals surface area contributed by atoms with E-state index in [0.717, 1.165) is 18.7 Å². The standard InChI is InChI=1S/C15H21FN4O/c1-4-20(5-2)9-13(17)14-18-15(21-19-14)11-6-10(3)7-12(16)8-11/h6-8,13H,4-5,9,17H2,1-3H3. The quantitative estimate of drug-likeness (QED) is 0.886. The second kappa shape index (κ2) is 6.78. The highest BCUT2D eigenvalue weighted by molar-refractivity contribution is 5.54. The highest BCUT2D eigenvalue weighted by Gasteiger charge is 2.17. The van der Waals surface area contributed by atoms with E-state index in [0.29, 0.717) is 23.8 Å². The maximum Gasteiger partial charge on any atom is 0.258 e. The van der Waals surface area contributed by atoms with Crippen LogP contribution in [0.1, 0.15) is 31.3 Å². The Balaban J connectivity index is 2.17. The molecule has 0 saturated heterocycles. The summed E-state index contributed by atoms with van der Waals surface area (Å²) in [5, 5.41) is 3.91. The van der Waals surface area contributed by atoms with E-state index in [1.54, 1.807) is 6.07 Å². The van der Waals surface area contributed by atoms with Crippen LogP contribution in [0.25, 0.3) is 11.5 Å². The molecule has 0 aliphatic rings. The molecule has 6 heteroatoms. The lowest BCUT2D eigenvalue weighted by Crippen LogP contribution is -2.32. The second-order valence-corrected chi connectivity index (χ2v) is 5.07. The number of aryl methyl sites for hydroxylation is 1. The molecule has 1 atom stereocenters. The molecule has 1 aromatic carbocycles. The molecule has 2 aromatic rings. The van der Waals surface area contributed by atoms with E-state index >= 15 is 0 Å². The van der Waals surface area contributed by atoms with Crippen molar-refractivity contribution in [2.45, 2.75) is 26.8 Å². The van der Waals surface area contributed by atoms with Gasteiger partial charge in [0.2, 0.25) is 0 Å². The van der Waals surface area contributed by atoms with Crippen LogP contribution in [0.4, 0.5) is 4.39 Å². The predicted molar refractivity (Wildman–Crippen MR) is 79.1 cm³/mol. The van der Waals surface area contributed by atoms with Crippen molar-refractivity contribution in [1.82, 2.24) is 15.0 Å². The molecule has 21 heavy (non-hydrogen) atoms. The summed E-state index contributed by atoms with van der Waals surface area (Å²) in [6.45, 7) is 8.46. The van der Waals surface area contributed by atoms with Crippen LogP contribution in [0.3, 0.4) is 0 Å². The van der Waals surface area contributed by atoms with Crippen LogP contribution in [0.2, 0.25) is 0 Å². The van der Waals surface area contributed by atoms with Gasteiger partial charge in [0.1, 0.15) is 5.82 Å². The first-order chi connectivity index (χ1) is 10.0. The number of benzene rings is 1. The second-order valence-electron chi connectivity index (χ2n) is 5.07. The van der Waals surface area contributed by atoms with Gasteiger partial charge in [-0.25, -0.2) is 4.39 Å². The minimum Gasteiger partial charge on any atom is -0.334 e. The van der Waals surface area contributed by atoms with E-state index in [-0.39, 0.29) is 11.9 Å². The van der Waals surface area contributed by atoms with E-state index < -0.39 is 0 Å². The van der Waals surface area contributed by atoms with Crippen LogP contribution in [0.5, 0.6) is 0 Å². The Labute approximate surface area is 123 Å². The molecule has 5 nitrogen and oxygen atoms in total. The lowest BCUT2D eigenvalue weighted by molar-refractivity contribution is 0.278. The largest absolute Gasteiger partial charge is 0.334 e. The van der Waals surface area contributed by atoms with Crippen LogP contribution in [0.15, 0.2) is 22.7 Å². The van der Waals surface area contributed by atoms with Crippen molar-refractivity contribution in [3.63, 3.8) is 0 Å². The molecule has 0 aliphatic carbocycles. The van der Waals surface area contributed by atoms with Crippen molar-refractivity contribution in [2.24, 2.45) is 5.73 Å². The topological polar surface area (TPSA) is 68.2 Å². The van der Waals surface area contributed by atoms with Gasteiger partial charge in [-0.05, 0) is 43.8 Å². The Bertz CT molecular complexity index is 575. The first-order valence-corrected chi connectivity index (χ1v) is 7.12. The van der Waals surface area contributed by atoms with E-state index in [1.807, 2.05) is 6.92 Å². The number of nitrogens with two attached hydrogens (primary N) is 1. The highest BCUT2D eigenvalue weighted by Crippen LogP contribution is 2.21. The van der Waals surface area contributed by atoms with E-state index in [1.165, 1.54) is 12.1 Å².